The number of hydrogen-bond acceptors (Lipinski definition) is 2. The predicted octanol–water partition coefficient (Wildman–Crippen LogP) is 13.2. The molecular formula is C45H72O2. The van der Waals surface area contributed by atoms with Gasteiger partial charge in [-0.05, 0) is 129 Å². The molecule has 9 atom stereocenters. The van der Waals surface area contributed by atoms with Gasteiger partial charge in [0.2, 0.25) is 0 Å². The number of esters is 1. The molecule has 0 aromatic rings. The van der Waals surface area contributed by atoms with Gasteiger partial charge in [0.05, 0.1) is 0 Å². The summed E-state index contributed by atoms with van der Waals surface area (Å²) in [5.41, 5.74) is 2.47. The van der Waals surface area contributed by atoms with E-state index in [4.69, 9.17) is 4.74 Å². The molecule has 47 heavy (non-hydrogen) atoms. The van der Waals surface area contributed by atoms with E-state index >= 15 is 0 Å². The molecule has 0 radical (unpaired) electrons. The Bertz CT molecular complexity index is 1120. The fraction of sp³-hybridized carbons (Fsp3) is 0.756. The number of ether oxygens (including phenoxy) is 1. The molecule has 0 aromatic carbocycles. The van der Waals surface area contributed by atoms with Crippen LogP contribution in [-0.2, 0) is 9.53 Å². The highest BCUT2D eigenvalue weighted by molar-refractivity contribution is 5.69. The summed E-state index contributed by atoms with van der Waals surface area (Å²) in [6.07, 6.45) is 39.8. The molecule has 0 saturated heterocycles. The normalized spacial score (nSPS) is 33.8. The van der Waals surface area contributed by atoms with Crippen LogP contribution in [0.5, 0.6) is 0 Å². The van der Waals surface area contributed by atoms with Crippen LogP contribution in [0, 0.1) is 52.3 Å². The van der Waals surface area contributed by atoms with Crippen LogP contribution in [0.3, 0.4) is 0 Å². The van der Waals surface area contributed by atoms with Gasteiger partial charge in [0.15, 0.2) is 0 Å². The Morgan fingerprint density at radius 3 is 2.34 bits per heavy atom. The van der Waals surface area contributed by atoms with Crippen molar-refractivity contribution in [2.75, 3.05) is 0 Å². The van der Waals surface area contributed by atoms with E-state index in [9.17, 15) is 4.79 Å². The largest absolute Gasteiger partial charge is 0.462 e. The summed E-state index contributed by atoms with van der Waals surface area (Å²) in [7, 11) is 0. The van der Waals surface area contributed by atoms with Crippen molar-refractivity contribution in [2.24, 2.45) is 52.3 Å². The fourth-order valence-corrected chi connectivity index (χ4v) is 11.0. The van der Waals surface area contributed by atoms with Crippen LogP contribution in [0.25, 0.3) is 0 Å². The van der Waals surface area contributed by atoms with E-state index in [0.29, 0.717) is 17.3 Å². The molecule has 0 aliphatic heterocycles. The second-order valence-electron chi connectivity index (χ2n) is 16.9. The first-order valence-corrected chi connectivity index (χ1v) is 20.2. The lowest BCUT2D eigenvalue weighted by Gasteiger charge is -2.58. The lowest BCUT2D eigenvalue weighted by molar-refractivity contribution is -0.151. The number of allylic oxidation sites excluding steroid dienone is 9. The lowest BCUT2D eigenvalue weighted by atomic mass is 9.47. The summed E-state index contributed by atoms with van der Waals surface area (Å²) in [6.45, 7) is 17.3. The maximum absolute atomic E-state index is 12.8. The highest BCUT2D eigenvalue weighted by Crippen LogP contribution is 2.67. The Balaban J connectivity index is 1.20. The molecule has 9 unspecified atom stereocenters. The van der Waals surface area contributed by atoms with Crippen molar-refractivity contribution in [1.29, 1.82) is 0 Å². The molecule has 4 rings (SSSR count). The van der Waals surface area contributed by atoms with E-state index in [2.05, 4.69) is 103 Å². The minimum absolute atomic E-state index is 0.0217. The van der Waals surface area contributed by atoms with Crippen LogP contribution in [0.15, 0.2) is 60.3 Å². The third kappa shape index (κ3) is 9.66. The third-order valence-electron chi connectivity index (χ3n) is 13.9. The monoisotopic (exact) mass is 645 g/mol. The number of rotatable bonds is 17. The summed E-state index contributed by atoms with van der Waals surface area (Å²) in [5.74, 6) is 6.06. The van der Waals surface area contributed by atoms with E-state index in [1.54, 1.807) is 5.57 Å². The SMILES string of the molecule is CC/C=C/C=C/C=C\C=C/CCCCCC(=O)OC1CCC2(C)C(=CCC3C2CCC2(C)C(C(C)CCC(CC)C(C)C)CCC32)C1. The Kier molecular flexibility index (Phi) is 14.7. The Hall–Kier alpha value is -1.83. The highest BCUT2D eigenvalue weighted by atomic mass is 16.5. The van der Waals surface area contributed by atoms with Crippen molar-refractivity contribution in [3.8, 4) is 0 Å². The molecule has 0 amide bonds. The second kappa shape index (κ2) is 18.2. The Morgan fingerprint density at radius 2 is 1.62 bits per heavy atom. The van der Waals surface area contributed by atoms with Crippen LogP contribution in [0.4, 0.5) is 0 Å². The zero-order valence-corrected chi connectivity index (χ0v) is 31.7. The standard InChI is InChI=1S/C45H72O2/c1-8-10-11-12-13-14-15-16-17-18-19-20-21-22-43(46)47-38-29-31-44(6)37(33-38)25-26-39-41-28-27-40(45(41,7)32-30-42(39)44)35(5)23-24-36(9-2)34(3)4/h10-17,25,34-36,38-42H,8-9,18-24,26-33H2,1-7H3/b11-10+,13-12+,15-14-,17-16-. The average molecular weight is 645 g/mol. The predicted molar refractivity (Wildman–Crippen MR) is 202 cm³/mol. The smallest absolute Gasteiger partial charge is 0.306 e. The molecule has 264 valence electrons. The molecule has 0 bridgehead atoms. The van der Waals surface area contributed by atoms with Gasteiger partial charge in [-0.1, -0.05) is 128 Å². The quantitative estimate of drug-likeness (QED) is 0.0681. The van der Waals surface area contributed by atoms with Gasteiger partial charge >= 0.3 is 5.97 Å². The molecule has 0 aromatic heterocycles. The molecule has 0 spiro atoms. The molecule has 4 aliphatic carbocycles. The maximum Gasteiger partial charge on any atom is 0.306 e. The van der Waals surface area contributed by atoms with Crippen LogP contribution in [-0.4, -0.2) is 12.1 Å². The molecular weight excluding hydrogens is 572 g/mol. The topological polar surface area (TPSA) is 26.3 Å². The number of carbonyl (C=O) groups is 1. The zero-order valence-electron chi connectivity index (χ0n) is 31.7. The maximum atomic E-state index is 12.8. The van der Waals surface area contributed by atoms with Gasteiger partial charge in [-0.25, -0.2) is 0 Å². The van der Waals surface area contributed by atoms with Gasteiger partial charge < -0.3 is 4.74 Å². The van der Waals surface area contributed by atoms with Crippen molar-refractivity contribution in [1.82, 2.24) is 0 Å². The minimum atomic E-state index is 0.0217. The van der Waals surface area contributed by atoms with Crippen molar-refractivity contribution < 1.29 is 9.53 Å². The minimum Gasteiger partial charge on any atom is -0.462 e. The van der Waals surface area contributed by atoms with E-state index in [-0.39, 0.29) is 12.1 Å². The molecule has 2 heteroatoms. The molecule has 3 saturated carbocycles. The third-order valence-corrected chi connectivity index (χ3v) is 13.9. The number of carbonyl (C=O) groups excluding carboxylic acids is 1. The first kappa shape index (κ1) is 38.0. The molecule has 0 N–H and O–H groups in total. The van der Waals surface area contributed by atoms with Gasteiger partial charge in [0.25, 0.3) is 0 Å². The highest BCUT2D eigenvalue weighted by Gasteiger charge is 2.59. The number of unbranched alkanes of at least 4 members (excludes halogenated alkanes) is 3. The van der Waals surface area contributed by atoms with Crippen LogP contribution in [0.1, 0.15) is 158 Å². The number of fused-ring (bicyclic) bond motifs is 5. The van der Waals surface area contributed by atoms with Gasteiger partial charge in [0, 0.05) is 12.8 Å². The van der Waals surface area contributed by atoms with Gasteiger partial charge in [0.1, 0.15) is 6.10 Å². The molecule has 3 fully saturated rings. The molecule has 0 heterocycles. The van der Waals surface area contributed by atoms with E-state index < -0.39 is 0 Å². The van der Waals surface area contributed by atoms with E-state index in [1.165, 1.54) is 57.8 Å². The van der Waals surface area contributed by atoms with Gasteiger partial charge in [-0.15, -0.1) is 0 Å². The molecule has 2 nitrogen and oxygen atoms in total. The van der Waals surface area contributed by atoms with Gasteiger partial charge in [-0.2, -0.15) is 0 Å². The fourth-order valence-electron chi connectivity index (χ4n) is 11.0. The van der Waals surface area contributed by atoms with E-state index in [0.717, 1.165) is 86.4 Å². The van der Waals surface area contributed by atoms with Crippen molar-refractivity contribution in [3.05, 3.63) is 60.3 Å². The first-order chi connectivity index (χ1) is 22.6. The summed E-state index contributed by atoms with van der Waals surface area (Å²) in [4.78, 5) is 12.8. The summed E-state index contributed by atoms with van der Waals surface area (Å²) < 4.78 is 6.10. The van der Waals surface area contributed by atoms with Crippen molar-refractivity contribution in [3.63, 3.8) is 0 Å². The number of hydrogen-bond donors (Lipinski definition) is 0. The Labute approximate surface area is 291 Å². The molecule has 4 aliphatic rings. The van der Waals surface area contributed by atoms with E-state index in [1.807, 2.05) is 0 Å². The van der Waals surface area contributed by atoms with Crippen molar-refractivity contribution >= 4 is 5.97 Å². The van der Waals surface area contributed by atoms with Crippen LogP contribution >= 0.6 is 0 Å². The van der Waals surface area contributed by atoms with Crippen molar-refractivity contribution in [2.45, 2.75) is 164 Å². The van der Waals surface area contributed by atoms with Gasteiger partial charge in [-0.3, -0.25) is 4.79 Å². The average Bonchev–Trinajstić information content (AvgIpc) is 3.41. The van der Waals surface area contributed by atoms with Crippen LogP contribution < -0.4 is 0 Å². The summed E-state index contributed by atoms with van der Waals surface area (Å²) >= 11 is 0. The lowest BCUT2D eigenvalue weighted by Crippen LogP contribution is -2.51. The Morgan fingerprint density at radius 1 is 0.872 bits per heavy atom. The first-order valence-electron chi connectivity index (χ1n) is 20.2. The zero-order chi connectivity index (χ0) is 33.9. The second-order valence-corrected chi connectivity index (χ2v) is 16.9. The van der Waals surface area contributed by atoms with Crippen LogP contribution in [0.2, 0.25) is 0 Å². The summed E-state index contributed by atoms with van der Waals surface area (Å²) in [6, 6.07) is 0. The summed E-state index contributed by atoms with van der Waals surface area (Å²) in [5, 5.41) is 0.